The summed E-state index contributed by atoms with van der Waals surface area (Å²) in [6, 6.07) is 4.64. The summed E-state index contributed by atoms with van der Waals surface area (Å²) in [5.41, 5.74) is 9.18. The molecule has 0 amide bonds. The molecule has 0 saturated heterocycles. The van der Waals surface area contributed by atoms with E-state index < -0.39 is 16.8 Å². The molecule has 0 radical (unpaired) electrons. The highest BCUT2D eigenvalue weighted by Gasteiger charge is 2.17. The number of hydrogen-bond donors (Lipinski definition) is 2. The van der Waals surface area contributed by atoms with Gasteiger partial charge in [0.05, 0.1) is 16.6 Å². The number of nitrogens with one attached hydrogen (secondary N) is 1. The zero-order chi connectivity index (χ0) is 17.4. The van der Waals surface area contributed by atoms with Gasteiger partial charge in [0.1, 0.15) is 28.3 Å². The highest BCUT2D eigenvalue weighted by atomic mass is 32.2. The van der Waals surface area contributed by atoms with Gasteiger partial charge in [-0.15, -0.1) is 0 Å². The fourth-order valence-electron chi connectivity index (χ4n) is 2.65. The van der Waals surface area contributed by atoms with Crippen LogP contribution in [0.1, 0.15) is 12.5 Å². The third-order valence-corrected chi connectivity index (χ3v) is 4.77. The number of rotatable bonds is 4. The van der Waals surface area contributed by atoms with Crippen LogP contribution >= 0.6 is 0 Å². The van der Waals surface area contributed by atoms with Gasteiger partial charge in [0.2, 0.25) is 0 Å². The van der Waals surface area contributed by atoms with Crippen molar-refractivity contribution in [2.75, 3.05) is 16.2 Å². The molecule has 126 valence electrons. The standard InChI is InChI=1S/C16H18FN5OS/c1-4-24(23)21-12-6-5-10(7-11(12)17)14-13-15(22(3)20-14)9(2)8-19-16(13)18/h5-8,21H,4H2,1-3H3,(H2,18,19). The Balaban J connectivity index is 2.13. The molecule has 0 bridgehead atoms. The Labute approximate surface area is 141 Å². The van der Waals surface area contributed by atoms with Crippen molar-refractivity contribution in [2.24, 2.45) is 7.05 Å². The molecule has 0 spiro atoms. The number of nitrogen functional groups attached to an aromatic ring is 1. The van der Waals surface area contributed by atoms with Crippen molar-refractivity contribution in [3.63, 3.8) is 0 Å². The van der Waals surface area contributed by atoms with Crippen LogP contribution in [0.15, 0.2) is 24.4 Å². The molecule has 8 heteroatoms. The van der Waals surface area contributed by atoms with Gasteiger partial charge in [-0.1, -0.05) is 13.0 Å². The molecule has 24 heavy (non-hydrogen) atoms. The Bertz CT molecular complexity index is 953. The van der Waals surface area contributed by atoms with E-state index in [1.54, 1.807) is 29.9 Å². The van der Waals surface area contributed by atoms with Crippen molar-refractivity contribution in [3.8, 4) is 11.3 Å². The minimum absolute atomic E-state index is 0.196. The summed E-state index contributed by atoms with van der Waals surface area (Å²) >= 11 is 0. The normalized spacial score (nSPS) is 12.5. The molecule has 0 aliphatic rings. The van der Waals surface area contributed by atoms with E-state index in [4.69, 9.17) is 5.73 Å². The van der Waals surface area contributed by atoms with E-state index in [1.165, 1.54) is 6.07 Å². The zero-order valence-corrected chi connectivity index (χ0v) is 14.4. The average Bonchev–Trinajstić information content (AvgIpc) is 2.91. The van der Waals surface area contributed by atoms with E-state index in [-0.39, 0.29) is 5.69 Å². The van der Waals surface area contributed by atoms with Crippen LogP contribution in [0.5, 0.6) is 0 Å². The lowest BCUT2D eigenvalue weighted by Gasteiger charge is -2.07. The molecule has 0 fully saturated rings. The smallest absolute Gasteiger partial charge is 0.147 e. The van der Waals surface area contributed by atoms with Gasteiger partial charge in [-0.25, -0.2) is 13.6 Å². The third kappa shape index (κ3) is 2.73. The Kier molecular flexibility index (Phi) is 4.23. The average molecular weight is 347 g/mol. The highest BCUT2D eigenvalue weighted by molar-refractivity contribution is 7.86. The Morgan fingerprint density at radius 2 is 2.17 bits per heavy atom. The van der Waals surface area contributed by atoms with E-state index >= 15 is 0 Å². The maximum absolute atomic E-state index is 14.3. The zero-order valence-electron chi connectivity index (χ0n) is 13.6. The SMILES string of the molecule is CCS(=O)Nc1ccc(-c2nn(C)c3c(C)cnc(N)c23)cc1F. The summed E-state index contributed by atoms with van der Waals surface area (Å²) in [4.78, 5) is 4.17. The van der Waals surface area contributed by atoms with Crippen LogP contribution < -0.4 is 10.5 Å². The van der Waals surface area contributed by atoms with E-state index in [2.05, 4.69) is 14.8 Å². The molecule has 1 aromatic carbocycles. The fourth-order valence-corrected chi connectivity index (χ4v) is 3.21. The molecule has 3 N–H and O–H groups in total. The van der Waals surface area contributed by atoms with Gasteiger partial charge in [0.15, 0.2) is 0 Å². The summed E-state index contributed by atoms with van der Waals surface area (Å²) in [5, 5.41) is 5.18. The summed E-state index contributed by atoms with van der Waals surface area (Å²) in [5.74, 6) is 0.258. The van der Waals surface area contributed by atoms with Crippen molar-refractivity contribution in [2.45, 2.75) is 13.8 Å². The molecule has 0 saturated carbocycles. The second kappa shape index (κ2) is 6.20. The predicted molar refractivity (Wildman–Crippen MR) is 95.4 cm³/mol. The fraction of sp³-hybridized carbons (Fsp3) is 0.250. The second-order valence-corrected chi connectivity index (χ2v) is 6.93. The number of fused-ring (bicyclic) bond motifs is 1. The van der Waals surface area contributed by atoms with Gasteiger partial charge in [0.25, 0.3) is 0 Å². The van der Waals surface area contributed by atoms with E-state index in [9.17, 15) is 8.60 Å². The molecule has 0 aliphatic carbocycles. The first-order valence-electron chi connectivity index (χ1n) is 7.45. The summed E-state index contributed by atoms with van der Waals surface area (Å²) < 4.78 is 30.2. The summed E-state index contributed by atoms with van der Waals surface area (Å²) in [7, 11) is 0.510. The van der Waals surface area contributed by atoms with Gasteiger partial charge < -0.3 is 10.5 Å². The van der Waals surface area contributed by atoms with E-state index in [0.29, 0.717) is 28.2 Å². The van der Waals surface area contributed by atoms with E-state index in [1.807, 2.05) is 14.0 Å². The first-order chi connectivity index (χ1) is 11.4. The number of aromatic nitrogens is 3. The van der Waals surface area contributed by atoms with Gasteiger partial charge >= 0.3 is 0 Å². The van der Waals surface area contributed by atoms with Gasteiger partial charge in [-0.3, -0.25) is 4.68 Å². The molecule has 6 nitrogen and oxygen atoms in total. The Morgan fingerprint density at radius 3 is 2.83 bits per heavy atom. The van der Waals surface area contributed by atoms with E-state index in [0.717, 1.165) is 11.1 Å². The van der Waals surface area contributed by atoms with Crippen LogP contribution in [-0.2, 0) is 18.0 Å². The molecule has 3 aromatic rings. The van der Waals surface area contributed by atoms with Gasteiger partial charge in [-0.05, 0) is 24.6 Å². The van der Waals surface area contributed by atoms with Crippen LogP contribution in [-0.4, -0.2) is 24.7 Å². The lowest BCUT2D eigenvalue weighted by molar-refractivity contribution is 0.632. The molecule has 1 atom stereocenters. The van der Waals surface area contributed by atoms with Crippen molar-refractivity contribution in [1.29, 1.82) is 0 Å². The number of nitrogens with zero attached hydrogens (tertiary/aromatic N) is 3. The quantitative estimate of drug-likeness (QED) is 0.760. The molecule has 1 unspecified atom stereocenters. The first-order valence-corrected chi connectivity index (χ1v) is 8.77. The van der Waals surface area contributed by atoms with Crippen molar-refractivity contribution >= 4 is 33.4 Å². The molecule has 2 heterocycles. The van der Waals surface area contributed by atoms with Crippen LogP contribution in [0, 0.1) is 12.7 Å². The highest BCUT2D eigenvalue weighted by Crippen LogP contribution is 2.33. The first kappa shape index (κ1) is 16.4. The molecule has 2 aromatic heterocycles. The lowest BCUT2D eigenvalue weighted by atomic mass is 10.1. The number of pyridine rings is 1. The van der Waals surface area contributed by atoms with Gasteiger partial charge in [0, 0.05) is 24.6 Å². The molecular formula is C16H18FN5OS. The third-order valence-electron chi connectivity index (χ3n) is 3.80. The summed E-state index contributed by atoms with van der Waals surface area (Å²) in [6.45, 7) is 3.68. The number of nitrogens with two attached hydrogens (primary N) is 1. The predicted octanol–water partition coefficient (Wildman–Crippen LogP) is 2.76. The van der Waals surface area contributed by atoms with Crippen molar-refractivity contribution < 1.29 is 8.60 Å². The number of aryl methyl sites for hydroxylation is 2. The second-order valence-electron chi connectivity index (χ2n) is 5.45. The van der Waals surface area contributed by atoms with Crippen molar-refractivity contribution in [3.05, 3.63) is 35.8 Å². The Morgan fingerprint density at radius 1 is 1.42 bits per heavy atom. The largest absolute Gasteiger partial charge is 0.383 e. The number of anilines is 2. The minimum Gasteiger partial charge on any atom is -0.383 e. The minimum atomic E-state index is -1.30. The van der Waals surface area contributed by atoms with Crippen LogP contribution in [0.3, 0.4) is 0 Å². The topological polar surface area (TPSA) is 85.8 Å². The van der Waals surface area contributed by atoms with Gasteiger partial charge in [-0.2, -0.15) is 5.10 Å². The molecule has 0 aliphatic heterocycles. The maximum atomic E-state index is 14.3. The molecular weight excluding hydrogens is 329 g/mol. The number of benzene rings is 1. The van der Waals surface area contributed by atoms with Crippen LogP contribution in [0.4, 0.5) is 15.9 Å². The Hall–Kier alpha value is -2.48. The molecule has 3 rings (SSSR count). The summed E-state index contributed by atoms with van der Waals surface area (Å²) in [6.07, 6.45) is 1.69. The number of halogens is 1. The number of hydrogen-bond acceptors (Lipinski definition) is 4. The van der Waals surface area contributed by atoms with Crippen LogP contribution in [0.25, 0.3) is 22.2 Å². The van der Waals surface area contributed by atoms with Crippen molar-refractivity contribution in [1.82, 2.24) is 14.8 Å². The maximum Gasteiger partial charge on any atom is 0.147 e. The monoisotopic (exact) mass is 347 g/mol. The lowest BCUT2D eigenvalue weighted by Crippen LogP contribution is -2.07. The van der Waals surface area contributed by atoms with Crippen LogP contribution in [0.2, 0.25) is 0 Å².